The van der Waals surface area contributed by atoms with Crippen molar-refractivity contribution in [3.63, 3.8) is 0 Å². The molecule has 2 amide bonds. The van der Waals surface area contributed by atoms with Crippen LogP contribution in [0.15, 0.2) is 36.4 Å². The molecule has 3 N–H and O–H groups in total. The van der Waals surface area contributed by atoms with Crippen LogP contribution in [0, 0.1) is 5.82 Å². The van der Waals surface area contributed by atoms with Crippen LogP contribution in [-0.4, -0.2) is 23.8 Å². The lowest BCUT2D eigenvalue weighted by Gasteiger charge is -2.10. The largest absolute Gasteiger partial charge is 0.397 e. The molecule has 0 unspecified atom stereocenters. The lowest BCUT2D eigenvalue weighted by molar-refractivity contribution is 0.0693. The zero-order valence-electron chi connectivity index (χ0n) is 11.2. The van der Waals surface area contributed by atoms with Crippen LogP contribution in [-0.2, 0) is 0 Å². The van der Waals surface area contributed by atoms with Crippen molar-refractivity contribution in [1.82, 2.24) is 4.90 Å². The minimum absolute atomic E-state index is 0.322. The van der Waals surface area contributed by atoms with Crippen LogP contribution in [0.4, 0.5) is 21.5 Å². The van der Waals surface area contributed by atoms with Gasteiger partial charge in [0, 0.05) is 12.7 Å². The average Bonchev–Trinajstić information content (AvgIpc) is 2.68. The van der Waals surface area contributed by atoms with Gasteiger partial charge in [0.25, 0.3) is 11.8 Å². The molecule has 5 nitrogen and oxygen atoms in total. The van der Waals surface area contributed by atoms with Crippen molar-refractivity contribution in [2.45, 2.75) is 0 Å². The van der Waals surface area contributed by atoms with Crippen LogP contribution >= 0.6 is 0 Å². The van der Waals surface area contributed by atoms with Gasteiger partial charge in [0.15, 0.2) is 0 Å². The maximum Gasteiger partial charge on any atom is 0.261 e. The monoisotopic (exact) mass is 285 g/mol. The zero-order valence-corrected chi connectivity index (χ0v) is 11.2. The Morgan fingerprint density at radius 2 is 1.76 bits per heavy atom. The number of nitrogen functional groups attached to an aromatic ring is 1. The number of nitrogens with zero attached hydrogens (tertiary/aromatic N) is 1. The summed E-state index contributed by atoms with van der Waals surface area (Å²) in [6.45, 7) is 0. The van der Waals surface area contributed by atoms with Gasteiger partial charge in [0.1, 0.15) is 5.82 Å². The fourth-order valence-electron chi connectivity index (χ4n) is 2.23. The molecule has 0 spiro atoms. The highest BCUT2D eigenvalue weighted by molar-refractivity contribution is 6.21. The second kappa shape index (κ2) is 4.59. The summed E-state index contributed by atoms with van der Waals surface area (Å²) in [5.74, 6) is -1.10. The topological polar surface area (TPSA) is 75.4 Å². The van der Waals surface area contributed by atoms with E-state index < -0.39 is 5.82 Å². The van der Waals surface area contributed by atoms with E-state index in [1.165, 1.54) is 25.2 Å². The highest BCUT2D eigenvalue weighted by Crippen LogP contribution is 2.28. The average molecular weight is 285 g/mol. The number of amides is 2. The summed E-state index contributed by atoms with van der Waals surface area (Å²) in [6, 6.07) is 8.75. The molecule has 21 heavy (non-hydrogen) atoms. The molecule has 2 aromatic rings. The first kappa shape index (κ1) is 13.1. The molecule has 3 rings (SSSR count). The molecule has 1 heterocycles. The van der Waals surface area contributed by atoms with Gasteiger partial charge in [-0.15, -0.1) is 0 Å². The van der Waals surface area contributed by atoms with Crippen LogP contribution in [0.2, 0.25) is 0 Å². The summed E-state index contributed by atoms with van der Waals surface area (Å²) >= 11 is 0. The van der Waals surface area contributed by atoms with E-state index in [2.05, 4.69) is 5.32 Å². The summed E-state index contributed by atoms with van der Waals surface area (Å²) in [6.07, 6.45) is 0. The first-order chi connectivity index (χ1) is 9.97. The molecule has 0 bridgehead atoms. The lowest BCUT2D eigenvalue weighted by atomic mass is 10.1. The molecular formula is C15H12FN3O2. The molecule has 0 fully saturated rings. The van der Waals surface area contributed by atoms with Crippen molar-refractivity contribution in [2.75, 3.05) is 18.1 Å². The second-order valence-corrected chi connectivity index (χ2v) is 4.79. The van der Waals surface area contributed by atoms with E-state index in [9.17, 15) is 14.0 Å². The Labute approximate surface area is 120 Å². The Balaban J connectivity index is 1.97. The molecule has 0 atom stereocenters. The molecule has 0 radical (unpaired) electrons. The predicted octanol–water partition coefficient (Wildman–Crippen LogP) is 2.38. The van der Waals surface area contributed by atoms with Gasteiger partial charge in [-0.3, -0.25) is 14.5 Å². The number of hydrogen-bond acceptors (Lipinski definition) is 4. The fourth-order valence-corrected chi connectivity index (χ4v) is 2.23. The van der Waals surface area contributed by atoms with Gasteiger partial charge in [0.2, 0.25) is 0 Å². The lowest BCUT2D eigenvalue weighted by Crippen LogP contribution is -2.24. The molecule has 6 heteroatoms. The molecule has 0 aliphatic carbocycles. The number of hydrogen-bond donors (Lipinski definition) is 2. The minimum Gasteiger partial charge on any atom is -0.397 e. The number of carbonyl (C=O) groups excluding carboxylic acids is 2. The van der Waals surface area contributed by atoms with E-state index in [1.807, 2.05) is 0 Å². The molecule has 1 aliphatic heterocycles. The molecule has 0 saturated heterocycles. The Morgan fingerprint density at radius 3 is 2.52 bits per heavy atom. The molecular weight excluding hydrogens is 273 g/mol. The van der Waals surface area contributed by atoms with Crippen molar-refractivity contribution in [2.24, 2.45) is 0 Å². The molecule has 2 aromatic carbocycles. The first-order valence-electron chi connectivity index (χ1n) is 6.26. The molecule has 106 valence electrons. The Morgan fingerprint density at radius 1 is 1.05 bits per heavy atom. The number of imide groups is 1. The molecule has 0 saturated carbocycles. The number of halogens is 1. The number of benzene rings is 2. The van der Waals surface area contributed by atoms with Crippen molar-refractivity contribution in [3.05, 3.63) is 53.3 Å². The van der Waals surface area contributed by atoms with Crippen LogP contribution in [0.1, 0.15) is 20.7 Å². The van der Waals surface area contributed by atoms with Crippen LogP contribution < -0.4 is 11.1 Å². The number of rotatable bonds is 2. The minimum atomic E-state index is -0.418. The Hall–Kier alpha value is -2.89. The summed E-state index contributed by atoms with van der Waals surface area (Å²) in [7, 11) is 1.43. The smallest absolute Gasteiger partial charge is 0.261 e. The van der Waals surface area contributed by atoms with Crippen molar-refractivity contribution >= 4 is 28.9 Å². The van der Waals surface area contributed by atoms with Crippen molar-refractivity contribution in [1.29, 1.82) is 0 Å². The van der Waals surface area contributed by atoms with Gasteiger partial charge >= 0.3 is 0 Å². The summed E-state index contributed by atoms with van der Waals surface area (Å²) in [4.78, 5) is 24.8. The normalized spacial score (nSPS) is 13.5. The van der Waals surface area contributed by atoms with Gasteiger partial charge < -0.3 is 11.1 Å². The van der Waals surface area contributed by atoms with Gasteiger partial charge in [-0.05, 0) is 36.4 Å². The predicted molar refractivity (Wildman–Crippen MR) is 77.0 cm³/mol. The molecule has 0 aromatic heterocycles. The van der Waals surface area contributed by atoms with Gasteiger partial charge in [-0.25, -0.2) is 4.39 Å². The number of nitrogens with two attached hydrogens (primary N) is 1. The summed E-state index contributed by atoms with van der Waals surface area (Å²) in [5, 5.41) is 2.95. The van der Waals surface area contributed by atoms with E-state index >= 15 is 0 Å². The second-order valence-electron chi connectivity index (χ2n) is 4.79. The third-order valence-electron chi connectivity index (χ3n) is 3.38. The third-order valence-corrected chi connectivity index (χ3v) is 3.38. The quantitative estimate of drug-likeness (QED) is 0.656. The van der Waals surface area contributed by atoms with Crippen LogP contribution in [0.3, 0.4) is 0 Å². The zero-order chi connectivity index (χ0) is 15.1. The van der Waals surface area contributed by atoms with E-state index in [1.54, 1.807) is 18.2 Å². The summed E-state index contributed by atoms with van der Waals surface area (Å²) < 4.78 is 13.2. The number of fused-ring (bicyclic) bond motifs is 1. The first-order valence-corrected chi connectivity index (χ1v) is 6.26. The van der Waals surface area contributed by atoms with E-state index in [0.717, 1.165) is 4.90 Å². The maximum absolute atomic E-state index is 13.2. The number of anilines is 3. The molecule has 1 aliphatic rings. The van der Waals surface area contributed by atoms with E-state index in [0.29, 0.717) is 28.2 Å². The van der Waals surface area contributed by atoms with Gasteiger partial charge in [-0.1, -0.05) is 0 Å². The van der Waals surface area contributed by atoms with E-state index in [-0.39, 0.29) is 11.8 Å². The van der Waals surface area contributed by atoms with Crippen LogP contribution in [0.25, 0.3) is 0 Å². The standard InChI is InChI=1S/C15H12FN3O2/c1-19-14(20)10-4-3-9(7-11(10)15(19)21)18-13-6-8(16)2-5-12(13)17/h2-7,18H,17H2,1H3. The van der Waals surface area contributed by atoms with Gasteiger partial charge in [-0.2, -0.15) is 0 Å². The third kappa shape index (κ3) is 2.10. The Kier molecular flexibility index (Phi) is 2.86. The SMILES string of the molecule is CN1C(=O)c2ccc(Nc3cc(F)ccc3N)cc2C1=O. The fraction of sp³-hybridized carbons (Fsp3) is 0.0667. The van der Waals surface area contributed by atoms with Gasteiger partial charge in [0.05, 0.1) is 22.5 Å². The Bertz CT molecular complexity index is 774. The van der Waals surface area contributed by atoms with Crippen molar-refractivity contribution < 1.29 is 14.0 Å². The number of nitrogens with one attached hydrogen (secondary N) is 1. The highest BCUT2D eigenvalue weighted by Gasteiger charge is 2.32. The van der Waals surface area contributed by atoms with E-state index in [4.69, 9.17) is 5.73 Å². The summed E-state index contributed by atoms with van der Waals surface area (Å²) in [5.41, 5.74) is 7.79. The highest BCUT2D eigenvalue weighted by atomic mass is 19.1. The number of carbonyl (C=O) groups is 2. The van der Waals surface area contributed by atoms with Crippen molar-refractivity contribution in [3.8, 4) is 0 Å². The van der Waals surface area contributed by atoms with Crippen LogP contribution in [0.5, 0.6) is 0 Å². The maximum atomic E-state index is 13.2.